The molecule has 1 fully saturated rings. The fourth-order valence-corrected chi connectivity index (χ4v) is 4.47. The van der Waals surface area contributed by atoms with Gasteiger partial charge in [0.1, 0.15) is 11.6 Å². The lowest BCUT2D eigenvalue weighted by Gasteiger charge is -2.41. The van der Waals surface area contributed by atoms with Gasteiger partial charge in [-0.3, -0.25) is 14.4 Å². The van der Waals surface area contributed by atoms with E-state index in [4.69, 9.17) is 10.5 Å². The van der Waals surface area contributed by atoms with Crippen molar-refractivity contribution in [1.82, 2.24) is 0 Å². The van der Waals surface area contributed by atoms with Crippen molar-refractivity contribution >= 4 is 29.1 Å². The van der Waals surface area contributed by atoms with Gasteiger partial charge in [-0.1, -0.05) is 35.9 Å². The summed E-state index contributed by atoms with van der Waals surface area (Å²) in [4.78, 5) is 39.9. The molecule has 2 unspecified atom stereocenters. The SMILES string of the molecule is COc1ccccc1C1C(C(=O)Nc2ccc(F)c(C(N)=O)c2)CCC(=O)N1c1ccc(C)cc1. The van der Waals surface area contributed by atoms with Crippen LogP contribution in [0, 0.1) is 18.7 Å². The number of aryl methyl sites for hydroxylation is 1. The zero-order valence-corrected chi connectivity index (χ0v) is 19.5. The zero-order valence-electron chi connectivity index (χ0n) is 19.5. The Morgan fingerprint density at radius 1 is 1.09 bits per heavy atom. The fourth-order valence-electron chi connectivity index (χ4n) is 4.47. The number of para-hydroxylation sites is 1. The Bertz CT molecular complexity index is 1280. The summed E-state index contributed by atoms with van der Waals surface area (Å²) in [5.41, 5.74) is 7.58. The van der Waals surface area contributed by atoms with Gasteiger partial charge in [-0.2, -0.15) is 0 Å². The lowest BCUT2D eigenvalue weighted by molar-refractivity contribution is -0.126. The van der Waals surface area contributed by atoms with Gasteiger partial charge in [0.25, 0.3) is 5.91 Å². The van der Waals surface area contributed by atoms with Crippen LogP contribution >= 0.6 is 0 Å². The number of nitrogens with one attached hydrogen (secondary N) is 1. The summed E-state index contributed by atoms with van der Waals surface area (Å²) in [6.07, 6.45) is 0.479. The fraction of sp³-hybridized carbons (Fsp3) is 0.222. The number of nitrogens with two attached hydrogens (primary N) is 1. The van der Waals surface area contributed by atoms with Crippen molar-refractivity contribution in [3.63, 3.8) is 0 Å². The van der Waals surface area contributed by atoms with Crippen LogP contribution in [0.3, 0.4) is 0 Å². The van der Waals surface area contributed by atoms with Gasteiger partial charge in [-0.15, -0.1) is 0 Å². The van der Waals surface area contributed by atoms with Gasteiger partial charge in [0.2, 0.25) is 11.8 Å². The second-order valence-electron chi connectivity index (χ2n) is 8.48. The van der Waals surface area contributed by atoms with Crippen molar-refractivity contribution in [1.29, 1.82) is 0 Å². The first-order valence-corrected chi connectivity index (χ1v) is 11.2. The van der Waals surface area contributed by atoms with Gasteiger partial charge in [-0.05, 0) is 49.7 Å². The number of methoxy groups -OCH3 is 1. The Hall–Kier alpha value is -4.20. The topological polar surface area (TPSA) is 102 Å². The molecule has 180 valence electrons. The van der Waals surface area contributed by atoms with E-state index in [0.29, 0.717) is 23.4 Å². The highest BCUT2D eigenvalue weighted by molar-refractivity contribution is 6.01. The Labute approximate surface area is 202 Å². The second kappa shape index (κ2) is 9.97. The molecule has 1 aliphatic rings. The van der Waals surface area contributed by atoms with Crippen LogP contribution in [-0.4, -0.2) is 24.8 Å². The van der Waals surface area contributed by atoms with E-state index in [-0.39, 0.29) is 29.5 Å². The number of piperidine rings is 1. The Balaban J connectivity index is 1.76. The van der Waals surface area contributed by atoms with E-state index < -0.39 is 23.7 Å². The number of rotatable bonds is 6. The van der Waals surface area contributed by atoms with Crippen LogP contribution in [0.25, 0.3) is 0 Å². The van der Waals surface area contributed by atoms with Gasteiger partial charge in [0.15, 0.2) is 0 Å². The molecular formula is C27H26FN3O4. The van der Waals surface area contributed by atoms with Gasteiger partial charge in [0.05, 0.1) is 24.6 Å². The minimum absolute atomic E-state index is 0.105. The van der Waals surface area contributed by atoms with Crippen LogP contribution in [0.2, 0.25) is 0 Å². The largest absolute Gasteiger partial charge is 0.496 e. The van der Waals surface area contributed by atoms with E-state index in [0.717, 1.165) is 11.6 Å². The summed E-state index contributed by atoms with van der Waals surface area (Å²) in [6, 6.07) is 17.8. The van der Waals surface area contributed by atoms with E-state index in [1.807, 2.05) is 49.4 Å². The van der Waals surface area contributed by atoms with Crippen LogP contribution in [-0.2, 0) is 9.59 Å². The zero-order chi connectivity index (χ0) is 25.1. The summed E-state index contributed by atoms with van der Waals surface area (Å²) in [5.74, 6) is -2.26. The molecule has 4 rings (SSSR count). The van der Waals surface area contributed by atoms with Crippen molar-refractivity contribution < 1.29 is 23.5 Å². The number of primary amides is 1. The summed E-state index contributed by atoms with van der Waals surface area (Å²) >= 11 is 0. The van der Waals surface area contributed by atoms with E-state index in [2.05, 4.69) is 5.32 Å². The normalized spacial score (nSPS) is 17.7. The Morgan fingerprint density at radius 2 is 1.80 bits per heavy atom. The van der Waals surface area contributed by atoms with Gasteiger partial charge < -0.3 is 20.7 Å². The highest BCUT2D eigenvalue weighted by atomic mass is 19.1. The highest BCUT2D eigenvalue weighted by Gasteiger charge is 2.42. The summed E-state index contributed by atoms with van der Waals surface area (Å²) in [5, 5.41) is 2.78. The smallest absolute Gasteiger partial charge is 0.251 e. The Morgan fingerprint density at radius 3 is 2.49 bits per heavy atom. The third kappa shape index (κ3) is 4.87. The van der Waals surface area contributed by atoms with Crippen molar-refractivity contribution in [2.24, 2.45) is 11.7 Å². The van der Waals surface area contributed by atoms with Crippen molar-refractivity contribution in [2.45, 2.75) is 25.8 Å². The first kappa shape index (κ1) is 23.9. The number of ether oxygens (including phenoxy) is 1. The number of benzene rings is 3. The predicted octanol–water partition coefficient (Wildman–Crippen LogP) is 4.36. The molecule has 0 aliphatic carbocycles. The maximum Gasteiger partial charge on any atom is 0.251 e. The number of nitrogens with zero attached hydrogens (tertiary/aromatic N) is 1. The monoisotopic (exact) mass is 475 g/mol. The standard InChI is InChI=1S/C27H26FN3O4/c1-16-7-10-18(11-8-16)31-24(32)14-12-20(25(31)19-5-3-4-6-23(19)35-2)27(34)30-17-9-13-22(28)21(15-17)26(29)33/h3-11,13,15,20,25H,12,14H2,1-2H3,(H2,29,33)(H,30,34). The quantitative estimate of drug-likeness (QED) is 0.553. The van der Waals surface area contributed by atoms with E-state index in [9.17, 15) is 18.8 Å². The lowest BCUT2D eigenvalue weighted by Crippen LogP contribution is -2.47. The molecule has 3 N–H and O–H groups in total. The van der Waals surface area contributed by atoms with Crippen LogP contribution in [0.5, 0.6) is 5.75 Å². The average molecular weight is 476 g/mol. The molecule has 2 atom stereocenters. The molecule has 0 saturated carbocycles. The van der Waals surface area contributed by atoms with Crippen molar-refractivity contribution in [3.05, 3.63) is 89.2 Å². The van der Waals surface area contributed by atoms with E-state index >= 15 is 0 Å². The summed E-state index contributed by atoms with van der Waals surface area (Å²) < 4.78 is 19.5. The van der Waals surface area contributed by atoms with Crippen LogP contribution in [0.15, 0.2) is 66.7 Å². The number of hydrogen-bond acceptors (Lipinski definition) is 4. The van der Waals surface area contributed by atoms with Gasteiger partial charge in [0, 0.05) is 23.4 Å². The molecule has 7 nitrogen and oxygen atoms in total. The van der Waals surface area contributed by atoms with Crippen LogP contribution in [0.1, 0.15) is 40.4 Å². The molecule has 3 aromatic carbocycles. The Kier molecular flexibility index (Phi) is 6.82. The average Bonchev–Trinajstić information content (AvgIpc) is 2.85. The molecule has 0 bridgehead atoms. The molecular weight excluding hydrogens is 449 g/mol. The third-order valence-electron chi connectivity index (χ3n) is 6.20. The molecule has 35 heavy (non-hydrogen) atoms. The maximum atomic E-state index is 13.9. The minimum Gasteiger partial charge on any atom is -0.496 e. The molecule has 8 heteroatoms. The maximum absolute atomic E-state index is 13.9. The lowest BCUT2D eigenvalue weighted by atomic mass is 9.82. The van der Waals surface area contributed by atoms with Crippen molar-refractivity contribution in [2.75, 3.05) is 17.3 Å². The van der Waals surface area contributed by atoms with Gasteiger partial charge in [-0.25, -0.2) is 4.39 Å². The van der Waals surface area contributed by atoms with Crippen LogP contribution in [0.4, 0.5) is 15.8 Å². The summed E-state index contributed by atoms with van der Waals surface area (Å²) in [6.45, 7) is 1.96. The minimum atomic E-state index is -0.931. The number of amides is 3. The first-order chi connectivity index (χ1) is 16.8. The molecule has 0 aromatic heterocycles. The summed E-state index contributed by atoms with van der Waals surface area (Å²) in [7, 11) is 1.54. The van der Waals surface area contributed by atoms with E-state index in [1.165, 1.54) is 12.1 Å². The second-order valence-corrected chi connectivity index (χ2v) is 8.48. The number of halogens is 1. The molecule has 3 amide bonds. The molecule has 1 aliphatic heterocycles. The number of carbonyl (C=O) groups is 3. The highest BCUT2D eigenvalue weighted by Crippen LogP contribution is 2.43. The molecule has 0 spiro atoms. The van der Waals surface area contributed by atoms with Crippen LogP contribution < -0.4 is 20.7 Å². The third-order valence-corrected chi connectivity index (χ3v) is 6.20. The molecule has 1 saturated heterocycles. The van der Waals surface area contributed by atoms with Crippen molar-refractivity contribution in [3.8, 4) is 5.75 Å². The molecule has 0 radical (unpaired) electrons. The number of anilines is 2. The first-order valence-electron chi connectivity index (χ1n) is 11.2. The predicted molar refractivity (Wildman–Crippen MR) is 131 cm³/mol. The number of hydrogen-bond donors (Lipinski definition) is 2. The van der Waals surface area contributed by atoms with E-state index in [1.54, 1.807) is 18.1 Å². The molecule has 3 aromatic rings. The number of carbonyl (C=O) groups excluding carboxylic acids is 3. The van der Waals surface area contributed by atoms with Gasteiger partial charge >= 0.3 is 0 Å². The molecule has 1 heterocycles.